The van der Waals surface area contributed by atoms with Crippen LogP contribution < -0.4 is 0 Å². The molecule has 74 valence electrons. The fourth-order valence-corrected chi connectivity index (χ4v) is 0.424. The first-order chi connectivity index (χ1) is 6.22. The first-order valence-corrected chi connectivity index (χ1v) is 3.90. The average Bonchev–Trinajstić information content (AvgIpc) is 2.08. The lowest BCUT2D eigenvalue weighted by Gasteiger charge is -1.92. The van der Waals surface area contributed by atoms with Gasteiger partial charge >= 0.3 is 5.97 Å². The van der Waals surface area contributed by atoms with Crippen LogP contribution in [0.3, 0.4) is 0 Å². The molecule has 0 aromatic carbocycles. The van der Waals surface area contributed by atoms with Crippen molar-refractivity contribution in [3.8, 4) is 0 Å². The van der Waals surface area contributed by atoms with Gasteiger partial charge in [-0.1, -0.05) is 26.7 Å². The van der Waals surface area contributed by atoms with Gasteiger partial charge in [-0.15, -0.1) is 0 Å². The fourth-order valence-electron chi connectivity index (χ4n) is 0.424. The highest BCUT2D eigenvalue weighted by Gasteiger charge is 1.94. The minimum absolute atomic E-state index is 0.206. The smallest absolute Gasteiger partial charge is 0.310 e. The van der Waals surface area contributed by atoms with E-state index in [-0.39, 0.29) is 5.97 Å². The summed E-state index contributed by atoms with van der Waals surface area (Å²) in [6, 6.07) is 0. The molecule has 0 aromatic rings. The third-order valence-electron chi connectivity index (χ3n) is 0.861. The summed E-state index contributed by atoms with van der Waals surface area (Å²) < 4.78 is 8.77. The molecule has 0 aliphatic heterocycles. The number of ether oxygens (including phenoxy) is 2. The zero-order valence-corrected chi connectivity index (χ0v) is 7.99. The molecule has 0 N–H and O–H groups in total. The van der Waals surface area contributed by atoms with E-state index >= 15 is 0 Å². The molecule has 13 heavy (non-hydrogen) atoms. The summed E-state index contributed by atoms with van der Waals surface area (Å²) in [5.74, 6) is -0.206. The van der Waals surface area contributed by atoms with Crippen LogP contribution in [0.2, 0.25) is 0 Å². The van der Waals surface area contributed by atoms with Gasteiger partial charge in [-0.2, -0.15) is 0 Å². The van der Waals surface area contributed by atoms with Crippen molar-refractivity contribution < 1.29 is 14.3 Å². The minimum Gasteiger partial charge on any atom is -0.474 e. The topological polar surface area (TPSA) is 35.5 Å². The highest BCUT2D eigenvalue weighted by molar-refractivity contribution is 5.69. The maximum absolute atomic E-state index is 10.3. The van der Waals surface area contributed by atoms with E-state index in [0.717, 1.165) is 12.7 Å². The summed E-state index contributed by atoms with van der Waals surface area (Å²) in [5, 5.41) is 0. The molecule has 0 saturated heterocycles. The molecule has 0 aliphatic rings. The van der Waals surface area contributed by atoms with Crippen LogP contribution in [0.15, 0.2) is 38.5 Å². The Balaban J connectivity index is 0. The van der Waals surface area contributed by atoms with Crippen LogP contribution in [-0.4, -0.2) is 5.97 Å². The Morgan fingerprint density at radius 2 is 1.77 bits per heavy atom. The predicted octanol–water partition coefficient (Wildman–Crippen LogP) is 2.76. The molecule has 0 bridgehead atoms. The standard InChI is InChI=1S/C6H10O2.C4H6O/c1-3-5-6(7)8-4-2;1-3-5-4-2/h4H,2-3,5H2,1H3;3-4H,1-2H2. The van der Waals surface area contributed by atoms with Gasteiger partial charge in [0, 0.05) is 6.42 Å². The van der Waals surface area contributed by atoms with E-state index in [1.165, 1.54) is 12.5 Å². The SMILES string of the molecule is C=COC(=O)CCC.C=COC=C. The highest BCUT2D eigenvalue weighted by Crippen LogP contribution is 1.89. The van der Waals surface area contributed by atoms with Crippen molar-refractivity contribution in [3.63, 3.8) is 0 Å². The molecule has 0 amide bonds. The molecule has 0 unspecified atom stereocenters. The van der Waals surface area contributed by atoms with Crippen LogP contribution in [-0.2, 0) is 14.3 Å². The molecular weight excluding hydrogens is 168 g/mol. The summed E-state index contributed by atoms with van der Waals surface area (Å²) in [6.45, 7) is 11.7. The number of hydrogen-bond acceptors (Lipinski definition) is 3. The Bertz CT molecular complexity index is 156. The molecule has 0 saturated carbocycles. The van der Waals surface area contributed by atoms with E-state index in [4.69, 9.17) is 0 Å². The van der Waals surface area contributed by atoms with Gasteiger partial charge in [0.05, 0.1) is 18.8 Å². The molecule has 0 aromatic heterocycles. The van der Waals surface area contributed by atoms with Crippen molar-refractivity contribution in [1.82, 2.24) is 0 Å². The van der Waals surface area contributed by atoms with Crippen molar-refractivity contribution in [2.75, 3.05) is 0 Å². The lowest BCUT2D eigenvalue weighted by Crippen LogP contribution is -1.96. The minimum atomic E-state index is -0.206. The zero-order valence-electron chi connectivity index (χ0n) is 7.99. The second-order valence-electron chi connectivity index (χ2n) is 1.88. The number of esters is 1. The van der Waals surface area contributed by atoms with E-state index in [2.05, 4.69) is 29.2 Å². The van der Waals surface area contributed by atoms with E-state index in [1.807, 2.05) is 6.92 Å². The monoisotopic (exact) mass is 184 g/mol. The Morgan fingerprint density at radius 3 is 2.00 bits per heavy atom. The quantitative estimate of drug-likeness (QED) is 0.487. The first kappa shape index (κ1) is 14.0. The van der Waals surface area contributed by atoms with Crippen molar-refractivity contribution in [2.45, 2.75) is 19.8 Å². The molecule has 0 atom stereocenters. The molecule has 0 aliphatic carbocycles. The second-order valence-corrected chi connectivity index (χ2v) is 1.88. The van der Waals surface area contributed by atoms with Gasteiger partial charge in [0.25, 0.3) is 0 Å². The van der Waals surface area contributed by atoms with Gasteiger partial charge in [0.2, 0.25) is 0 Å². The van der Waals surface area contributed by atoms with E-state index in [9.17, 15) is 4.79 Å². The highest BCUT2D eigenvalue weighted by atomic mass is 16.5. The zero-order chi connectivity index (χ0) is 10.5. The fraction of sp³-hybridized carbons (Fsp3) is 0.300. The first-order valence-electron chi connectivity index (χ1n) is 3.90. The molecular formula is C10H16O3. The molecule has 0 radical (unpaired) electrons. The lowest BCUT2D eigenvalue weighted by molar-refractivity contribution is -0.137. The predicted molar refractivity (Wildman–Crippen MR) is 52.7 cm³/mol. The van der Waals surface area contributed by atoms with E-state index in [0.29, 0.717) is 6.42 Å². The van der Waals surface area contributed by atoms with Crippen molar-refractivity contribution in [1.29, 1.82) is 0 Å². The van der Waals surface area contributed by atoms with Gasteiger partial charge in [0.1, 0.15) is 0 Å². The van der Waals surface area contributed by atoms with E-state index in [1.54, 1.807) is 0 Å². The number of carbonyl (C=O) groups excluding carboxylic acids is 1. The summed E-state index contributed by atoms with van der Waals surface area (Å²) in [6.07, 6.45) is 5.08. The maximum Gasteiger partial charge on any atom is 0.310 e. The van der Waals surface area contributed by atoms with Crippen LogP contribution in [0, 0.1) is 0 Å². The van der Waals surface area contributed by atoms with Crippen LogP contribution in [0.4, 0.5) is 0 Å². The Labute approximate surface area is 79.3 Å². The molecule has 0 fully saturated rings. The largest absolute Gasteiger partial charge is 0.474 e. The third-order valence-corrected chi connectivity index (χ3v) is 0.861. The number of rotatable bonds is 5. The van der Waals surface area contributed by atoms with Gasteiger partial charge in [-0.25, -0.2) is 0 Å². The Hall–Kier alpha value is -1.51. The summed E-state index contributed by atoms with van der Waals surface area (Å²) in [4.78, 5) is 10.3. The molecule has 0 rings (SSSR count). The van der Waals surface area contributed by atoms with Gasteiger partial charge in [-0.05, 0) is 6.42 Å². The third kappa shape index (κ3) is 18.0. The summed E-state index contributed by atoms with van der Waals surface area (Å²) >= 11 is 0. The number of carbonyl (C=O) groups is 1. The lowest BCUT2D eigenvalue weighted by atomic mass is 10.3. The van der Waals surface area contributed by atoms with Crippen molar-refractivity contribution in [3.05, 3.63) is 38.5 Å². The van der Waals surface area contributed by atoms with Crippen LogP contribution in [0.1, 0.15) is 19.8 Å². The van der Waals surface area contributed by atoms with Crippen molar-refractivity contribution >= 4 is 5.97 Å². The maximum atomic E-state index is 10.3. The van der Waals surface area contributed by atoms with Crippen LogP contribution in [0.25, 0.3) is 0 Å². The van der Waals surface area contributed by atoms with Crippen LogP contribution >= 0.6 is 0 Å². The molecule has 0 heterocycles. The average molecular weight is 184 g/mol. The molecule has 0 spiro atoms. The second kappa shape index (κ2) is 13.1. The van der Waals surface area contributed by atoms with Gasteiger partial charge < -0.3 is 9.47 Å². The van der Waals surface area contributed by atoms with Gasteiger partial charge in [-0.3, -0.25) is 4.79 Å². The normalized spacial score (nSPS) is 7.15. The summed E-state index contributed by atoms with van der Waals surface area (Å²) in [5.41, 5.74) is 0. The molecule has 3 heteroatoms. The number of hydrogen-bond donors (Lipinski definition) is 0. The molecule has 3 nitrogen and oxygen atoms in total. The Morgan fingerprint density at radius 1 is 1.23 bits per heavy atom. The summed E-state index contributed by atoms with van der Waals surface area (Å²) in [7, 11) is 0. The van der Waals surface area contributed by atoms with E-state index < -0.39 is 0 Å². The van der Waals surface area contributed by atoms with Gasteiger partial charge in [0.15, 0.2) is 0 Å². The van der Waals surface area contributed by atoms with Crippen LogP contribution in [0.5, 0.6) is 0 Å². The Kier molecular flexibility index (Phi) is 14.2. The van der Waals surface area contributed by atoms with Crippen molar-refractivity contribution in [2.24, 2.45) is 0 Å².